The molecule has 18 heavy (non-hydrogen) atoms. The van der Waals surface area contributed by atoms with Gasteiger partial charge in [0.2, 0.25) is 0 Å². The average molecular weight is 244 g/mol. The molecule has 0 aliphatic carbocycles. The van der Waals surface area contributed by atoms with Gasteiger partial charge in [0.15, 0.2) is 0 Å². The Labute approximate surface area is 108 Å². The molecule has 1 N–H and O–H groups in total. The Bertz CT molecular complexity index is 476. The molecule has 1 heterocycles. The summed E-state index contributed by atoms with van der Waals surface area (Å²) >= 11 is 0. The van der Waals surface area contributed by atoms with E-state index < -0.39 is 0 Å². The monoisotopic (exact) mass is 244 g/mol. The van der Waals surface area contributed by atoms with E-state index in [2.05, 4.69) is 39.1 Å². The molecule has 0 saturated heterocycles. The fourth-order valence-electron chi connectivity index (χ4n) is 2.00. The van der Waals surface area contributed by atoms with Crippen LogP contribution in [0.2, 0.25) is 0 Å². The minimum Gasteiger partial charge on any atom is -0.385 e. The quantitative estimate of drug-likeness (QED) is 0.849. The van der Waals surface area contributed by atoms with Crippen LogP contribution >= 0.6 is 0 Å². The van der Waals surface area contributed by atoms with Gasteiger partial charge in [-0.15, -0.1) is 10.2 Å². The number of hydrogen-bond donors (Lipinski definition) is 1. The molecule has 2 rings (SSSR count). The molecule has 0 aliphatic heterocycles. The second kappa shape index (κ2) is 6.19. The highest BCUT2D eigenvalue weighted by atomic mass is 15.3. The Morgan fingerprint density at radius 2 is 1.94 bits per heavy atom. The molecular weight excluding hydrogens is 224 g/mol. The van der Waals surface area contributed by atoms with Gasteiger partial charge in [-0.1, -0.05) is 25.1 Å². The van der Waals surface area contributed by atoms with Gasteiger partial charge in [0.25, 0.3) is 0 Å². The van der Waals surface area contributed by atoms with E-state index in [0.29, 0.717) is 0 Å². The van der Waals surface area contributed by atoms with Crippen molar-refractivity contribution in [3.8, 4) is 0 Å². The standard InChI is InChI=1S/C14H20N4/c1-3-11-18-12(2)16-17-14(18)9-10-15-13-7-5-4-6-8-13/h4-8,15H,3,9-11H2,1-2H3. The average Bonchev–Trinajstić information content (AvgIpc) is 2.73. The Hall–Kier alpha value is -1.84. The van der Waals surface area contributed by atoms with Crippen LogP contribution in [0.25, 0.3) is 0 Å². The normalized spacial score (nSPS) is 10.6. The minimum atomic E-state index is 0.881. The zero-order chi connectivity index (χ0) is 12.8. The molecular formula is C14H20N4. The number of aromatic nitrogens is 3. The highest BCUT2D eigenvalue weighted by molar-refractivity contribution is 5.42. The van der Waals surface area contributed by atoms with E-state index in [-0.39, 0.29) is 0 Å². The highest BCUT2D eigenvalue weighted by Gasteiger charge is 2.07. The number of aryl methyl sites for hydroxylation is 1. The molecule has 0 bridgehead atoms. The smallest absolute Gasteiger partial charge is 0.134 e. The van der Waals surface area contributed by atoms with Crippen LogP contribution in [0.1, 0.15) is 25.0 Å². The lowest BCUT2D eigenvalue weighted by Crippen LogP contribution is -2.11. The van der Waals surface area contributed by atoms with E-state index in [1.165, 1.54) is 0 Å². The molecule has 0 spiro atoms. The van der Waals surface area contributed by atoms with E-state index in [0.717, 1.165) is 43.3 Å². The molecule has 0 fully saturated rings. The molecule has 0 atom stereocenters. The second-order valence-corrected chi connectivity index (χ2v) is 4.36. The molecule has 0 radical (unpaired) electrons. The van der Waals surface area contributed by atoms with Gasteiger partial charge in [-0.05, 0) is 25.5 Å². The van der Waals surface area contributed by atoms with Crippen molar-refractivity contribution in [1.82, 2.24) is 14.8 Å². The van der Waals surface area contributed by atoms with Gasteiger partial charge in [0, 0.05) is 25.2 Å². The molecule has 96 valence electrons. The van der Waals surface area contributed by atoms with E-state index >= 15 is 0 Å². The van der Waals surface area contributed by atoms with Gasteiger partial charge in [-0.2, -0.15) is 0 Å². The van der Waals surface area contributed by atoms with Gasteiger partial charge >= 0.3 is 0 Å². The van der Waals surface area contributed by atoms with Gasteiger partial charge in [0.05, 0.1) is 0 Å². The molecule has 1 aromatic carbocycles. The zero-order valence-corrected chi connectivity index (χ0v) is 11.1. The number of nitrogens with one attached hydrogen (secondary N) is 1. The summed E-state index contributed by atoms with van der Waals surface area (Å²) in [7, 11) is 0. The molecule has 1 aromatic heterocycles. The van der Waals surface area contributed by atoms with Crippen LogP contribution in [0.3, 0.4) is 0 Å². The second-order valence-electron chi connectivity index (χ2n) is 4.36. The van der Waals surface area contributed by atoms with Crippen molar-refractivity contribution in [2.75, 3.05) is 11.9 Å². The number of para-hydroxylation sites is 1. The van der Waals surface area contributed by atoms with Crippen LogP contribution in [-0.2, 0) is 13.0 Å². The van der Waals surface area contributed by atoms with Crippen LogP contribution in [0, 0.1) is 6.92 Å². The Kier molecular flexibility index (Phi) is 4.34. The molecule has 4 heteroatoms. The number of rotatable bonds is 6. The number of hydrogen-bond acceptors (Lipinski definition) is 3. The number of benzene rings is 1. The van der Waals surface area contributed by atoms with E-state index in [4.69, 9.17) is 0 Å². The highest BCUT2D eigenvalue weighted by Crippen LogP contribution is 2.07. The maximum Gasteiger partial charge on any atom is 0.134 e. The van der Waals surface area contributed by atoms with Gasteiger partial charge in [-0.25, -0.2) is 0 Å². The third kappa shape index (κ3) is 3.09. The van der Waals surface area contributed by atoms with Crippen molar-refractivity contribution in [3.05, 3.63) is 42.0 Å². The third-order valence-corrected chi connectivity index (χ3v) is 2.91. The Morgan fingerprint density at radius 3 is 2.67 bits per heavy atom. The predicted molar refractivity (Wildman–Crippen MR) is 73.7 cm³/mol. The molecule has 0 saturated carbocycles. The maximum absolute atomic E-state index is 4.24. The summed E-state index contributed by atoms with van der Waals surface area (Å²) in [6.45, 7) is 6.06. The zero-order valence-electron chi connectivity index (χ0n) is 11.1. The molecule has 2 aromatic rings. The first-order chi connectivity index (χ1) is 8.81. The van der Waals surface area contributed by atoms with Crippen LogP contribution in [0.15, 0.2) is 30.3 Å². The summed E-state index contributed by atoms with van der Waals surface area (Å²) in [5.41, 5.74) is 1.15. The summed E-state index contributed by atoms with van der Waals surface area (Å²) in [5.74, 6) is 2.07. The molecule has 0 amide bonds. The van der Waals surface area contributed by atoms with Crippen molar-refractivity contribution in [1.29, 1.82) is 0 Å². The Balaban J connectivity index is 1.90. The topological polar surface area (TPSA) is 42.7 Å². The van der Waals surface area contributed by atoms with Gasteiger partial charge in [-0.3, -0.25) is 0 Å². The first-order valence-electron chi connectivity index (χ1n) is 6.49. The summed E-state index contributed by atoms with van der Waals surface area (Å²) in [5, 5.41) is 11.8. The van der Waals surface area contributed by atoms with Gasteiger partial charge in [0.1, 0.15) is 11.6 Å². The number of anilines is 1. The van der Waals surface area contributed by atoms with Crippen LogP contribution in [-0.4, -0.2) is 21.3 Å². The Morgan fingerprint density at radius 1 is 1.17 bits per heavy atom. The lowest BCUT2D eigenvalue weighted by molar-refractivity contribution is 0.623. The summed E-state index contributed by atoms with van der Waals surface area (Å²) in [6, 6.07) is 10.2. The predicted octanol–water partition coefficient (Wildman–Crippen LogP) is 2.65. The lowest BCUT2D eigenvalue weighted by Gasteiger charge is -2.08. The third-order valence-electron chi connectivity index (χ3n) is 2.91. The summed E-state index contributed by atoms with van der Waals surface area (Å²) in [4.78, 5) is 0. The van der Waals surface area contributed by atoms with Crippen LogP contribution in [0.4, 0.5) is 5.69 Å². The van der Waals surface area contributed by atoms with Crippen molar-refractivity contribution in [2.24, 2.45) is 0 Å². The largest absolute Gasteiger partial charge is 0.385 e. The van der Waals surface area contributed by atoms with Crippen molar-refractivity contribution in [3.63, 3.8) is 0 Å². The van der Waals surface area contributed by atoms with Crippen molar-refractivity contribution in [2.45, 2.75) is 33.2 Å². The van der Waals surface area contributed by atoms with E-state index in [1.807, 2.05) is 25.1 Å². The summed E-state index contributed by atoms with van der Waals surface area (Å²) in [6.07, 6.45) is 2.01. The van der Waals surface area contributed by atoms with Crippen LogP contribution in [0.5, 0.6) is 0 Å². The first-order valence-corrected chi connectivity index (χ1v) is 6.49. The van der Waals surface area contributed by atoms with E-state index in [1.54, 1.807) is 0 Å². The van der Waals surface area contributed by atoms with E-state index in [9.17, 15) is 0 Å². The lowest BCUT2D eigenvalue weighted by atomic mass is 10.3. The molecule has 4 nitrogen and oxygen atoms in total. The fourth-order valence-corrected chi connectivity index (χ4v) is 2.00. The minimum absolute atomic E-state index is 0.881. The molecule has 0 aliphatic rings. The number of nitrogens with zero attached hydrogens (tertiary/aromatic N) is 3. The summed E-state index contributed by atoms with van der Waals surface area (Å²) < 4.78 is 2.20. The van der Waals surface area contributed by atoms with Crippen molar-refractivity contribution < 1.29 is 0 Å². The fraction of sp³-hybridized carbons (Fsp3) is 0.429. The first kappa shape index (κ1) is 12.6. The van der Waals surface area contributed by atoms with Gasteiger partial charge < -0.3 is 9.88 Å². The molecule has 0 unspecified atom stereocenters. The maximum atomic E-state index is 4.24. The SMILES string of the molecule is CCCn1c(C)nnc1CCNc1ccccc1. The van der Waals surface area contributed by atoms with Crippen molar-refractivity contribution >= 4 is 5.69 Å². The van der Waals surface area contributed by atoms with Crippen LogP contribution < -0.4 is 5.32 Å².